The molecule has 3 heterocycles. The standard InChI is InChI=1S/C19H23ClN6O/c1-25-11-15(19(24-25)14-2-4-21-5-3-14)8-22-17-6-13(7-18(17)27)10-26-12-16(20)9-23-26/h2-5,9,11-13,17-18,22,27H,6-8,10H2,1H3/t13?,17-,18-/m1/s1. The molecule has 8 heteroatoms. The Labute approximate surface area is 163 Å². The molecule has 3 aromatic heterocycles. The van der Waals surface area contributed by atoms with Gasteiger partial charge in [-0.15, -0.1) is 0 Å². The number of rotatable bonds is 6. The normalized spacial score (nSPS) is 22.4. The third kappa shape index (κ3) is 4.21. The fourth-order valence-electron chi connectivity index (χ4n) is 3.85. The van der Waals surface area contributed by atoms with Gasteiger partial charge in [-0.1, -0.05) is 11.6 Å². The number of halogens is 1. The zero-order valence-corrected chi connectivity index (χ0v) is 15.9. The van der Waals surface area contributed by atoms with Crippen molar-refractivity contribution >= 4 is 11.6 Å². The van der Waals surface area contributed by atoms with Crippen molar-refractivity contribution in [1.82, 2.24) is 29.9 Å². The SMILES string of the molecule is Cn1cc(CN[C@@H]2CC(Cn3cc(Cl)cn3)C[C@H]2O)c(-c2ccncc2)n1. The molecule has 1 saturated carbocycles. The minimum atomic E-state index is -0.359. The maximum Gasteiger partial charge on any atom is 0.0969 e. The van der Waals surface area contributed by atoms with Crippen molar-refractivity contribution < 1.29 is 5.11 Å². The molecule has 0 aliphatic heterocycles. The summed E-state index contributed by atoms with van der Waals surface area (Å²) in [7, 11) is 1.92. The van der Waals surface area contributed by atoms with Crippen molar-refractivity contribution in [2.45, 2.75) is 38.1 Å². The molecular formula is C19H23ClN6O. The molecule has 1 aliphatic carbocycles. The highest BCUT2D eigenvalue weighted by Gasteiger charge is 2.33. The molecule has 27 heavy (non-hydrogen) atoms. The number of nitrogens with one attached hydrogen (secondary N) is 1. The van der Waals surface area contributed by atoms with Crippen LogP contribution >= 0.6 is 11.6 Å². The van der Waals surface area contributed by atoms with Crippen molar-refractivity contribution in [1.29, 1.82) is 0 Å². The molecule has 1 aliphatic rings. The molecule has 1 unspecified atom stereocenters. The molecule has 0 amide bonds. The molecule has 7 nitrogen and oxygen atoms in total. The smallest absolute Gasteiger partial charge is 0.0969 e. The first-order valence-electron chi connectivity index (χ1n) is 9.11. The predicted molar refractivity (Wildman–Crippen MR) is 103 cm³/mol. The molecule has 1 fully saturated rings. The average Bonchev–Trinajstić information content (AvgIpc) is 3.33. The van der Waals surface area contributed by atoms with E-state index in [1.54, 1.807) is 18.6 Å². The molecule has 2 N–H and O–H groups in total. The predicted octanol–water partition coefficient (Wildman–Crippen LogP) is 2.26. The number of pyridine rings is 1. The summed E-state index contributed by atoms with van der Waals surface area (Å²) >= 11 is 5.93. The van der Waals surface area contributed by atoms with E-state index in [4.69, 9.17) is 11.6 Å². The Bertz CT molecular complexity index is 893. The maximum absolute atomic E-state index is 10.5. The van der Waals surface area contributed by atoms with Crippen LogP contribution < -0.4 is 5.32 Å². The van der Waals surface area contributed by atoms with Gasteiger partial charge in [-0.05, 0) is 30.9 Å². The first-order chi connectivity index (χ1) is 13.1. The van der Waals surface area contributed by atoms with Gasteiger partial charge in [0.2, 0.25) is 0 Å². The number of aliphatic hydroxyl groups excluding tert-OH is 1. The van der Waals surface area contributed by atoms with Crippen molar-refractivity contribution in [3.63, 3.8) is 0 Å². The van der Waals surface area contributed by atoms with Gasteiger partial charge in [0, 0.05) is 62.1 Å². The van der Waals surface area contributed by atoms with E-state index in [9.17, 15) is 5.11 Å². The second-order valence-electron chi connectivity index (χ2n) is 7.19. The van der Waals surface area contributed by atoms with Crippen molar-refractivity contribution in [2.75, 3.05) is 0 Å². The van der Waals surface area contributed by atoms with Crippen LogP contribution in [0.15, 0.2) is 43.1 Å². The Hall–Kier alpha value is -2.22. The molecule has 3 aromatic rings. The largest absolute Gasteiger partial charge is 0.391 e. The van der Waals surface area contributed by atoms with Crippen LogP contribution in [0.5, 0.6) is 0 Å². The number of aryl methyl sites for hydroxylation is 1. The van der Waals surface area contributed by atoms with Crippen LogP contribution in [0, 0.1) is 5.92 Å². The van der Waals surface area contributed by atoms with Crippen molar-refractivity contribution in [2.24, 2.45) is 13.0 Å². The monoisotopic (exact) mass is 386 g/mol. The Balaban J connectivity index is 1.39. The molecule has 0 radical (unpaired) electrons. The first-order valence-corrected chi connectivity index (χ1v) is 9.48. The lowest BCUT2D eigenvalue weighted by atomic mass is 10.1. The average molecular weight is 387 g/mol. The fourth-order valence-corrected chi connectivity index (χ4v) is 4.01. The van der Waals surface area contributed by atoms with Crippen LogP contribution in [-0.2, 0) is 20.1 Å². The summed E-state index contributed by atoms with van der Waals surface area (Å²) in [6, 6.07) is 3.98. The van der Waals surface area contributed by atoms with Gasteiger partial charge in [-0.2, -0.15) is 10.2 Å². The Morgan fingerprint density at radius 1 is 1.26 bits per heavy atom. The van der Waals surface area contributed by atoms with E-state index in [2.05, 4.69) is 20.5 Å². The maximum atomic E-state index is 10.5. The van der Waals surface area contributed by atoms with Crippen LogP contribution in [-0.4, -0.2) is 41.8 Å². The summed E-state index contributed by atoms with van der Waals surface area (Å²) < 4.78 is 3.67. The summed E-state index contributed by atoms with van der Waals surface area (Å²) in [5.41, 5.74) is 3.10. The van der Waals surface area contributed by atoms with Crippen molar-refractivity contribution in [3.05, 3.63) is 53.7 Å². The van der Waals surface area contributed by atoms with Gasteiger partial charge in [-0.25, -0.2) is 0 Å². The van der Waals surface area contributed by atoms with Crippen LogP contribution in [0.3, 0.4) is 0 Å². The minimum Gasteiger partial charge on any atom is -0.391 e. The Morgan fingerprint density at radius 3 is 2.81 bits per heavy atom. The second-order valence-corrected chi connectivity index (χ2v) is 7.62. The van der Waals surface area contributed by atoms with Gasteiger partial charge in [0.05, 0.1) is 23.0 Å². The summed E-state index contributed by atoms with van der Waals surface area (Å²) in [5.74, 6) is 0.377. The van der Waals surface area contributed by atoms with Gasteiger partial charge in [-0.3, -0.25) is 14.3 Å². The Morgan fingerprint density at radius 2 is 2.07 bits per heavy atom. The van der Waals surface area contributed by atoms with Crippen LogP contribution in [0.25, 0.3) is 11.3 Å². The van der Waals surface area contributed by atoms with Gasteiger partial charge < -0.3 is 10.4 Å². The zero-order valence-electron chi connectivity index (χ0n) is 15.2. The summed E-state index contributed by atoms with van der Waals surface area (Å²) in [5, 5.41) is 23.4. The highest BCUT2D eigenvalue weighted by atomic mass is 35.5. The van der Waals surface area contributed by atoms with Crippen molar-refractivity contribution in [3.8, 4) is 11.3 Å². The molecular weight excluding hydrogens is 364 g/mol. The van der Waals surface area contributed by atoms with Gasteiger partial charge in [0.1, 0.15) is 0 Å². The summed E-state index contributed by atoms with van der Waals surface area (Å²) in [4.78, 5) is 4.07. The van der Waals surface area contributed by atoms with E-state index < -0.39 is 0 Å². The fraction of sp³-hybridized carbons (Fsp3) is 0.421. The lowest BCUT2D eigenvalue weighted by Gasteiger charge is -2.16. The number of aromatic nitrogens is 5. The van der Waals surface area contributed by atoms with E-state index >= 15 is 0 Å². The molecule has 4 rings (SSSR count). The van der Waals surface area contributed by atoms with Gasteiger partial charge >= 0.3 is 0 Å². The van der Waals surface area contributed by atoms with Gasteiger partial charge in [0.25, 0.3) is 0 Å². The minimum absolute atomic E-state index is 0.0616. The summed E-state index contributed by atoms with van der Waals surface area (Å²) in [6.45, 7) is 1.44. The van der Waals surface area contributed by atoms with Crippen LogP contribution in [0.2, 0.25) is 5.02 Å². The lowest BCUT2D eigenvalue weighted by molar-refractivity contribution is 0.145. The zero-order chi connectivity index (χ0) is 18.8. The van der Waals surface area contributed by atoms with Gasteiger partial charge in [0.15, 0.2) is 0 Å². The lowest BCUT2D eigenvalue weighted by Crippen LogP contribution is -2.35. The third-order valence-electron chi connectivity index (χ3n) is 5.09. The number of hydrogen-bond acceptors (Lipinski definition) is 5. The number of hydrogen-bond donors (Lipinski definition) is 2. The molecule has 142 valence electrons. The van der Waals surface area contributed by atoms with Crippen LogP contribution in [0.1, 0.15) is 18.4 Å². The molecule has 0 spiro atoms. The first kappa shape index (κ1) is 18.2. The van der Waals surface area contributed by atoms with Crippen LogP contribution in [0.4, 0.5) is 0 Å². The molecule has 0 saturated heterocycles. The second kappa shape index (κ2) is 7.80. The number of aliphatic hydroxyl groups is 1. The molecule has 0 bridgehead atoms. The summed E-state index contributed by atoms with van der Waals surface area (Å²) in [6.07, 6.45) is 10.3. The highest BCUT2D eigenvalue weighted by Crippen LogP contribution is 2.29. The van der Waals surface area contributed by atoms with E-state index in [1.165, 1.54) is 0 Å². The Kier molecular flexibility index (Phi) is 5.24. The topological polar surface area (TPSA) is 80.8 Å². The van der Waals surface area contributed by atoms with E-state index in [-0.39, 0.29) is 12.1 Å². The molecule has 3 atom stereocenters. The number of nitrogens with zero attached hydrogens (tertiary/aromatic N) is 5. The third-order valence-corrected chi connectivity index (χ3v) is 5.28. The van der Waals surface area contributed by atoms with E-state index in [1.807, 2.05) is 40.9 Å². The quantitative estimate of drug-likeness (QED) is 0.679. The van der Waals surface area contributed by atoms with E-state index in [0.717, 1.165) is 36.2 Å². The molecule has 0 aromatic carbocycles. The highest BCUT2D eigenvalue weighted by molar-refractivity contribution is 6.30. The van der Waals surface area contributed by atoms with E-state index in [0.29, 0.717) is 17.5 Å².